The second-order valence-corrected chi connectivity index (χ2v) is 8.45. The Labute approximate surface area is 209 Å². The minimum absolute atomic E-state index is 0.657. The highest BCUT2D eigenvalue weighted by Gasteiger charge is 2.12. The number of nitrogens with zero attached hydrogens (tertiary/aromatic N) is 3. The quantitative estimate of drug-likeness (QED) is 0.230. The Bertz CT molecular complexity index is 1330. The number of hydrogen-bond acceptors (Lipinski definition) is 3. The van der Waals surface area contributed by atoms with Gasteiger partial charge in [0.05, 0.1) is 0 Å². The molecule has 0 aliphatic rings. The van der Waals surface area contributed by atoms with Gasteiger partial charge in [-0.15, -0.1) is 6.58 Å². The molecule has 166 valence electrons. The van der Waals surface area contributed by atoms with Gasteiger partial charge in [-0.25, -0.2) is 15.0 Å². The summed E-state index contributed by atoms with van der Waals surface area (Å²) in [5.74, 6) is 1.99. The lowest BCUT2D eigenvalue weighted by Gasteiger charge is -2.09. The van der Waals surface area contributed by atoms with Crippen LogP contribution in [0.3, 0.4) is 0 Å². The van der Waals surface area contributed by atoms with E-state index in [1.165, 1.54) is 0 Å². The standard InChI is InChI=1S/C27H18BrN3.C3H6/c28-24-16-8-14-22(18-24)21-13-7-15-23(17-21)27-30-25(19-9-3-1-4-10-19)29-26(31-27)20-11-5-2-6-12-20;1-3-2/h1-18H;3H,1H2,2H3. The van der Waals surface area contributed by atoms with Gasteiger partial charge in [0.1, 0.15) is 0 Å². The highest BCUT2D eigenvalue weighted by Crippen LogP contribution is 2.29. The van der Waals surface area contributed by atoms with Crippen LogP contribution < -0.4 is 0 Å². The van der Waals surface area contributed by atoms with Crippen molar-refractivity contribution in [3.05, 3.63) is 126 Å². The Balaban J connectivity index is 0.000000868. The van der Waals surface area contributed by atoms with Crippen molar-refractivity contribution in [3.8, 4) is 45.3 Å². The van der Waals surface area contributed by atoms with E-state index >= 15 is 0 Å². The Hall–Kier alpha value is -3.89. The van der Waals surface area contributed by atoms with Gasteiger partial charge in [-0.05, 0) is 36.2 Å². The third kappa shape index (κ3) is 5.72. The lowest BCUT2D eigenvalue weighted by atomic mass is 10.0. The Morgan fingerprint density at radius 3 is 1.41 bits per heavy atom. The molecule has 0 radical (unpaired) electrons. The fourth-order valence-electron chi connectivity index (χ4n) is 3.44. The predicted octanol–water partition coefficient (Wildman–Crippen LogP) is 8.49. The van der Waals surface area contributed by atoms with Crippen LogP contribution in [0.5, 0.6) is 0 Å². The summed E-state index contributed by atoms with van der Waals surface area (Å²) < 4.78 is 1.05. The van der Waals surface area contributed by atoms with Crippen molar-refractivity contribution in [2.24, 2.45) is 0 Å². The average molecular weight is 506 g/mol. The van der Waals surface area contributed by atoms with Crippen molar-refractivity contribution in [2.75, 3.05) is 0 Å². The Morgan fingerprint density at radius 2 is 0.912 bits per heavy atom. The fourth-order valence-corrected chi connectivity index (χ4v) is 3.84. The normalized spacial score (nSPS) is 10.2. The van der Waals surface area contributed by atoms with Crippen LogP contribution in [-0.4, -0.2) is 15.0 Å². The number of rotatable bonds is 4. The van der Waals surface area contributed by atoms with Gasteiger partial charge in [0, 0.05) is 21.2 Å². The Kier molecular flexibility index (Phi) is 7.74. The molecule has 34 heavy (non-hydrogen) atoms. The molecule has 0 amide bonds. The highest BCUT2D eigenvalue weighted by molar-refractivity contribution is 9.10. The molecule has 0 spiro atoms. The molecule has 1 aromatic heterocycles. The second kappa shape index (κ2) is 11.3. The first-order valence-electron chi connectivity index (χ1n) is 11.0. The molecule has 5 rings (SSSR count). The van der Waals surface area contributed by atoms with E-state index in [1.807, 2.05) is 91.9 Å². The van der Waals surface area contributed by atoms with Gasteiger partial charge >= 0.3 is 0 Å². The van der Waals surface area contributed by atoms with Crippen molar-refractivity contribution in [1.82, 2.24) is 15.0 Å². The number of halogens is 1. The summed E-state index contributed by atoms with van der Waals surface area (Å²) >= 11 is 3.56. The van der Waals surface area contributed by atoms with Crippen LogP contribution in [0.4, 0.5) is 0 Å². The maximum atomic E-state index is 4.82. The molecule has 5 aromatic rings. The van der Waals surface area contributed by atoms with Gasteiger partial charge in [-0.2, -0.15) is 0 Å². The van der Waals surface area contributed by atoms with E-state index in [0.717, 1.165) is 32.3 Å². The highest BCUT2D eigenvalue weighted by atomic mass is 79.9. The molecule has 3 nitrogen and oxygen atoms in total. The number of benzene rings is 4. The number of allylic oxidation sites excluding steroid dienone is 1. The summed E-state index contributed by atoms with van der Waals surface area (Å²) in [6.07, 6.45) is 1.75. The molecule has 0 aliphatic carbocycles. The first kappa shape index (κ1) is 23.3. The van der Waals surface area contributed by atoms with Gasteiger partial charge in [-0.1, -0.05) is 113 Å². The second-order valence-electron chi connectivity index (χ2n) is 7.54. The average Bonchev–Trinajstić information content (AvgIpc) is 2.90. The molecule has 4 heteroatoms. The van der Waals surface area contributed by atoms with Crippen LogP contribution in [0, 0.1) is 0 Å². The molecular formula is C30H24BrN3. The van der Waals surface area contributed by atoms with E-state index in [4.69, 9.17) is 15.0 Å². The first-order chi connectivity index (χ1) is 16.7. The zero-order valence-corrected chi connectivity index (χ0v) is 20.5. The molecule has 0 N–H and O–H groups in total. The molecule has 1 heterocycles. The van der Waals surface area contributed by atoms with Gasteiger partial charge in [0.2, 0.25) is 0 Å². The van der Waals surface area contributed by atoms with E-state index in [1.54, 1.807) is 6.08 Å². The lowest BCUT2D eigenvalue weighted by molar-refractivity contribution is 1.07. The minimum Gasteiger partial charge on any atom is -0.208 e. The maximum Gasteiger partial charge on any atom is 0.164 e. The third-order valence-electron chi connectivity index (χ3n) is 4.98. The predicted molar refractivity (Wildman–Crippen MR) is 145 cm³/mol. The molecule has 0 saturated heterocycles. The van der Waals surface area contributed by atoms with Crippen molar-refractivity contribution in [2.45, 2.75) is 6.92 Å². The van der Waals surface area contributed by atoms with E-state index < -0.39 is 0 Å². The van der Waals surface area contributed by atoms with Crippen molar-refractivity contribution in [3.63, 3.8) is 0 Å². The number of hydrogen-bond donors (Lipinski definition) is 0. The van der Waals surface area contributed by atoms with Gasteiger partial charge in [0.15, 0.2) is 17.5 Å². The summed E-state index contributed by atoms with van der Waals surface area (Å²) in [5.41, 5.74) is 5.13. The molecule has 0 bridgehead atoms. The fraction of sp³-hybridized carbons (Fsp3) is 0.0333. The smallest absolute Gasteiger partial charge is 0.164 e. The van der Waals surface area contributed by atoms with Crippen molar-refractivity contribution < 1.29 is 0 Å². The SMILES string of the molecule is Brc1cccc(-c2cccc(-c3nc(-c4ccccc4)nc(-c4ccccc4)n3)c2)c1.C=CC. The lowest BCUT2D eigenvalue weighted by Crippen LogP contribution is -2.00. The zero-order chi connectivity index (χ0) is 23.8. The van der Waals surface area contributed by atoms with Crippen molar-refractivity contribution >= 4 is 15.9 Å². The summed E-state index contributed by atoms with van der Waals surface area (Å²) in [7, 11) is 0. The minimum atomic E-state index is 0.657. The molecular weight excluding hydrogens is 482 g/mol. The van der Waals surface area contributed by atoms with E-state index in [9.17, 15) is 0 Å². The van der Waals surface area contributed by atoms with Crippen LogP contribution in [-0.2, 0) is 0 Å². The summed E-state index contributed by atoms with van der Waals surface area (Å²) in [4.78, 5) is 14.4. The molecule has 0 aliphatic heterocycles. The molecule has 0 atom stereocenters. The van der Waals surface area contributed by atoms with Crippen molar-refractivity contribution in [1.29, 1.82) is 0 Å². The van der Waals surface area contributed by atoms with Crippen LogP contribution in [0.15, 0.2) is 126 Å². The topological polar surface area (TPSA) is 38.7 Å². The monoisotopic (exact) mass is 505 g/mol. The van der Waals surface area contributed by atoms with Crippen LogP contribution in [0.2, 0.25) is 0 Å². The van der Waals surface area contributed by atoms with E-state index in [0.29, 0.717) is 17.5 Å². The largest absolute Gasteiger partial charge is 0.208 e. The summed E-state index contributed by atoms with van der Waals surface area (Å²) in [6, 6.07) is 36.6. The van der Waals surface area contributed by atoms with E-state index in [-0.39, 0.29) is 0 Å². The van der Waals surface area contributed by atoms with Crippen LogP contribution in [0.25, 0.3) is 45.3 Å². The molecule has 0 saturated carbocycles. The van der Waals surface area contributed by atoms with Crippen LogP contribution in [0.1, 0.15) is 6.92 Å². The van der Waals surface area contributed by atoms with E-state index in [2.05, 4.69) is 46.8 Å². The molecule has 4 aromatic carbocycles. The molecule has 0 fully saturated rings. The molecule has 0 unspecified atom stereocenters. The van der Waals surface area contributed by atoms with Gasteiger partial charge in [0.25, 0.3) is 0 Å². The van der Waals surface area contributed by atoms with Gasteiger partial charge < -0.3 is 0 Å². The summed E-state index contributed by atoms with van der Waals surface area (Å²) in [5, 5.41) is 0. The van der Waals surface area contributed by atoms with Crippen LogP contribution >= 0.6 is 15.9 Å². The Morgan fingerprint density at radius 1 is 0.529 bits per heavy atom. The van der Waals surface area contributed by atoms with Gasteiger partial charge in [-0.3, -0.25) is 0 Å². The maximum absolute atomic E-state index is 4.82. The zero-order valence-electron chi connectivity index (χ0n) is 18.9. The first-order valence-corrected chi connectivity index (χ1v) is 11.8. The summed E-state index contributed by atoms with van der Waals surface area (Å²) in [6.45, 7) is 5.25. The third-order valence-corrected chi connectivity index (χ3v) is 5.47. The number of aromatic nitrogens is 3.